The molecule has 0 amide bonds. The van der Waals surface area contributed by atoms with Gasteiger partial charge >= 0.3 is 0 Å². The lowest BCUT2D eigenvalue weighted by Crippen LogP contribution is -2.36. The van der Waals surface area contributed by atoms with E-state index in [2.05, 4.69) is 30.6 Å². The molecule has 0 saturated carbocycles. The van der Waals surface area contributed by atoms with Gasteiger partial charge in [0.15, 0.2) is 0 Å². The van der Waals surface area contributed by atoms with Crippen molar-refractivity contribution in [1.82, 2.24) is 9.97 Å². The Labute approximate surface area is 144 Å². The maximum atomic E-state index is 9.66. The van der Waals surface area contributed by atoms with Crippen molar-refractivity contribution in [3.63, 3.8) is 0 Å². The molecule has 2 N–H and O–H groups in total. The van der Waals surface area contributed by atoms with E-state index in [1.807, 2.05) is 6.07 Å². The van der Waals surface area contributed by atoms with Gasteiger partial charge in [0.1, 0.15) is 17.5 Å². The normalized spacial score (nSPS) is 24.9. The maximum absolute atomic E-state index is 9.66. The Balaban J connectivity index is 2.01. The number of aliphatic hydroxyl groups excluding tert-OH is 2. The van der Waals surface area contributed by atoms with Crippen molar-refractivity contribution in [3.05, 3.63) is 11.9 Å². The van der Waals surface area contributed by atoms with Crippen LogP contribution in [0.1, 0.15) is 52.3 Å². The minimum atomic E-state index is -0.145. The zero-order valence-corrected chi connectivity index (χ0v) is 15.1. The van der Waals surface area contributed by atoms with E-state index in [4.69, 9.17) is 9.97 Å². The molecule has 0 aliphatic carbocycles. The molecule has 0 aromatic carbocycles. The van der Waals surface area contributed by atoms with Crippen LogP contribution in [0, 0.1) is 0 Å². The van der Waals surface area contributed by atoms with Gasteiger partial charge in [0.05, 0.1) is 25.3 Å². The molecule has 2 aliphatic heterocycles. The highest BCUT2D eigenvalue weighted by Gasteiger charge is 2.31. The van der Waals surface area contributed by atoms with Crippen LogP contribution in [0.2, 0.25) is 0 Å². The van der Waals surface area contributed by atoms with Crippen molar-refractivity contribution < 1.29 is 10.2 Å². The van der Waals surface area contributed by atoms with E-state index in [0.717, 1.165) is 56.2 Å². The van der Waals surface area contributed by atoms with E-state index in [9.17, 15) is 10.2 Å². The number of hydrogen-bond donors (Lipinski definition) is 2. The minimum Gasteiger partial charge on any atom is -0.394 e. The van der Waals surface area contributed by atoms with Crippen LogP contribution in [0.4, 0.5) is 11.6 Å². The van der Waals surface area contributed by atoms with Crippen LogP contribution in [0.5, 0.6) is 0 Å². The molecule has 1 aromatic rings. The van der Waals surface area contributed by atoms with Crippen molar-refractivity contribution in [1.29, 1.82) is 0 Å². The van der Waals surface area contributed by atoms with Gasteiger partial charge in [-0.05, 0) is 25.7 Å². The largest absolute Gasteiger partial charge is 0.394 e. The van der Waals surface area contributed by atoms with Gasteiger partial charge in [-0.3, -0.25) is 0 Å². The number of hydrogen-bond acceptors (Lipinski definition) is 6. The number of rotatable bonds is 4. The second-order valence-electron chi connectivity index (χ2n) is 8.00. The standard InChI is InChI=1S/C18H30N4O2/c1-18(2,3)17-19-15(21-8-4-6-13(21)11-23)10-16(20-17)22-9-5-7-14(22)12-24/h10,13-14,23-24H,4-9,11-12H2,1-3H3. The Hall–Kier alpha value is -1.40. The highest BCUT2D eigenvalue weighted by atomic mass is 16.3. The van der Waals surface area contributed by atoms with E-state index < -0.39 is 0 Å². The lowest BCUT2D eigenvalue weighted by atomic mass is 9.95. The Morgan fingerprint density at radius 2 is 1.42 bits per heavy atom. The molecule has 3 heterocycles. The molecule has 6 heteroatoms. The quantitative estimate of drug-likeness (QED) is 0.873. The monoisotopic (exact) mass is 334 g/mol. The Bertz CT molecular complexity index is 532. The molecule has 0 bridgehead atoms. The van der Waals surface area contributed by atoms with Crippen LogP contribution in [0.25, 0.3) is 0 Å². The van der Waals surface area contributed by atoms with Crippen molar-refractivity contribution in [2.24, 2.45) is 0 Å². The summed E-state index contributed by atoms with van der Waals surface area (Å²) in [6.45, 7) is 8.54. The van der Waals surface area contributed by atoms with Gasteiger partial charge in [-0.1, -0.05) is 20.8 Å². The highest BCUT2D eigenvalue weighted by molar-refractivity contribution is 5.54. The van der Waals surface area contributed by atoms with E-state index in [-0.39, 0.29) is 30.7 Å². The van der Waals surface area contributed by atoms with Gasteiger partial charge in [-0.25, -0.2) is 9.97 Å². The second kappa shape index (κ2) is 6.84. The van der Waals surface area contributed by atoms with Gasteiger partial charge < -0.3 is 20.0 Å². The predicted molar refractivity (Wildman–Crippen MR) is 95.6 cm³/mol. The maximum Gasteiger partial charge on any atom is 0.138 e. The smallest absolute Gasteiger partial charge is 0.138 e. The number of nitrogens with zero attached hydrogens (tertiary/aromatic N) is 4. The third-order valence-electron chi connectivity index (χ3n) is 5.13. The molecular formula is C18H30N4O2. The van der Waals surface area contributed by atoms with Crippen molar-refractivity contribution in [3.8, 4) is 0 Å². The number of aromatic nitrogens is 2. The molecule has 2 fully saturated rings. The third kappa shape index (κ3) is 3.35. The van der Waals surface area contributed by atoms with E-state index in [1.54, 1.807) is 0 Å². The number of aliphatic hydroxyl groups is 2. The predicted octanol–water partition coefficient (Wildman–Crippen LogP) is 1.70. The first-order valence-corrected chi connectivity index (χ1v) is 9.08. The van der Waals surface area contributed by atoms with Crippen LogP contribution in [0.15, 0.2) is 6.07 Å². The summed E-state index contributed by atoms with van der Waals surface area (Å²) < 4.78 is 0. The molecule has 2 saturated heterocycles. The molecule has 0 radical (unpaired) electrons. The molecule has 2 atom stereocenters. The fourth-order valence-corrected chi connectivity index (χ4v) is 3.71. The molecule has 3 rings (SSSR count). The minimum absolute atomic E-state index is 0.145. The van der Waals surface area contributed by atoms with E-state index >= 15 is 0 Å². The van der Waals surface area contributed by atoms with Crippen LogP contribution >= 0.6 is 0 Å². The summed E-state index contributed by atoms with van der Waals surface area (Å²) in [7, 11) is 0. The summed E-state index contributed by atoms with van der Waals surface area (Å²) in [4.78, 5) is 14.1. The SMILES string of the molecule is CC(C)(C)c1nc(N2CCCC2CO)cc(N2CCCC2CO)n1. The Morgan fingerprint density at radius 1 is 0.958 bits per heavy atom. The average molecular weight is 334 g/mol. The summed E-state index contributed by atoms with van der Waals surface area (Å²) >= 11 is 0. The Morgan fingerprint density at radius 3 is 1.79 bits per heavy atom. The first kappa shape index (κ1) is 17.4. The summed E-state index contributed by atoms with van der Waals surface area (Å²) in [5.74, 6) is 2.64. The van der Waals surface area contributed by atoms with Gasteiger partial charge in [0.25, 0.3) is 0 Å². The molecule has 2 unspecified atom stereocenters. The molecular weight excluding hydrogens is 304 g/mol. The van der Waals surface area contributed by atoms with Crippen LogP contribution in [-0.2, 0) is 5.41 Å². The Kier molecular flexibility index (Phi) is 4.97. The molecule has 6 nitrogen and oxygen atoms in total. The summed E-state index contributed by atoms with van der Waals surface area (Å²) in [6, 6.07) is 2.33. The topological polar surface area (TPSA) is 72.7 Å². The van der Waals surface area contributed by atoms with E-state index in [0.29, 0.717) is 0 Å². The van der Waals surface area contributed by atoms with Crippen LogP contribution < -0.4 is 9.80 Å². The van der Waals surface area contributed by atoms with Crippen molar-refractivity contribution >= 4 is 11.6 Å². The van der Waals surface area contributed by atoms with E-state index in [1.165, 1.54) is 0 Å². The highest BCUT2D eigenvalue weighted by Crippen LogP contribution is 2.32. The fourth-order valence-electron chi connectivity index (χ4n) is 3.71. The molecule has 134 valence electrons. The summed E-state index contributed by atoms with van der Waals surface area (Å²) in [5.41, 5.74) is -0.145. The fraction of sp³-hybridized carbons (Fsp3) is 0.778. The lowest BCUT2D eigenvalue weighted by Gasteiger charge is -2.30. The summed E-state index contributed by atoms with van der Waals surface area (Å²) in [5, 5.41) is 19.3. The van der Waals surface area contributed by atoms with Gasteiger partial charge in [0.2, 0.25) is 0 Å². The third-order valence-corrected chi connectivity index (χ3v) is 5.13. The first-order valence-electron chi connectivity index (χ1n) is 9.08. The molecule has 24 heavy (non-hydrogen) atoms. The molecule has 1 aromatic heterocycles. The van der Waals surface area contributed by atoms with Crippen molar-refractivity contribution in [2.75, 3.05) is 36.1 Å². The second-order valence-corrected chi connectivity index (χ2v) is 8.00. The average Bonchev–Trinajstić information content (AvgIpc) is 3.22. The zero-order chi connectivity index (χ0) is 17.3. The number of anilines is 2. The van der Waals surface area contributed by atoms with Crippen LogP contribution in [0.3, 0.4) is 0 Å². The summed E-state index contributed by atoms with van der Waals surface area (Å²) in [6.07, 6.45) is 4.17. The van der Waals surface area contributed by atoms with Gasteiger partial charge in [-0.15, -0.1) is 0 Å². The zero-order valence-electron chi connectivity index (χ0n) is 15.1. The van der Waals surface area contributed by atoms with Gasteiger partial charge in [0, 0.05) is 24.6 Å². The van der Waals surface area contributed by atoms with Gasteiger partial charge in [-0.2, -0.15) is 0 Å². The van der Waals surface area contributed by atoms with Crippen molar-refractivity contribution in [2.45, 2.75) is 64.0 Å². The van der Waals surface area contributed by atoms with Crippen LogP contribution in [-0.4, -0.2) is 58.6 Å². The molecule has 0 spiro atoms. The lowest BCUT2D eigenvalue weighted by molar-refractivity contribution is 0.265. The first-order chi connectivity index (χ1) is 11.4. The molecule has 2 aliphatic rings.